The van der Waals surface area contributed by atoms with Crippen molar-refractivity contribution >= 4 is 5.78 Å². The lowest BCUT2D eigenvalue weighted by atomic mass is 9.87. The first-order valence-electron chi connectivity index (χ1n) is 6.01. The SMILES string of the molecule is CC1CCN(CC2CCCCC2=O)C1. The molecule has 2 atom stereocenters. The molecule has 2 fully saturated rings. The van der Waals surface area contributed by atoms with Crippen LogP contribution in [0.15, 0.2) is 0 Å². The van der Waals surface area contributed by atoms with Gasteiger partial charge in [0.25, 0.3) is 0 Å². The smallest absolute Gasteiger partial charge is 0.137 e. The highest BCUT2D eigenvalue weighted by Crippen LogP contribution is 2.24. The predicted octanol–water partition coefficient (Wildman–Crippen LogP) is 2.09. The highest BCUT2D eigenvalue weighted by molar-refractivity contribution is 5.81. The first-order valence-corrected chi connectivity index (χ1v) is 6.01. The van der Waals surface area contributed by atoms with E-state index < -0.39 is 0 Å². The Hall–Kier alpha value is -0.370. The van der Waals surface area contributed by atoms with Gasteiger partial charge in [0.2, 0.25) is 0 Å². The lowest BCUT2D eigenvalue weighted by Crippen LogP contribution is -2.33. The number of carbonyl (C=O) groups is 1. The van der Waals surface area contributed by atoms with Crippen molar-refractivity contribution in [1.29, 1.82) is 0 Å². The molecule has 0 aromatic heterocycles. The van der Waals surface area contributed by atoms with Crippen LogP contribution in [0.4, 0.5) is 0 Å². The van der Waals surface area contributed by atoms with Gasteiger partial charge in [-0.3, -0.25) is 4.79 Å². The molecule has 0 amide bonds. The Labute approximate surface area is 86.7 Å². The monoisotopic (exact) mass is 195 g/mol. The Morgan fingerprint density at radius 1 is 1.36 bits per heavy atom. The molecule has 0 radical (unpaired) electrons. The van der Waals surface area contributed by atoms with Crippen molar-refractivity contribution < 1.29 is 4.79 Å². The van der Waals surface area contributed by atoms with Crippen LogP contribution < -0.4 is 0 Å². The highest BCUT2D eigenvalue weighted by Gasteiger charge is 2.27. The van der Waals surface area contributed by atoms with E-state index in [0.29, 0.717) is 11.7 Å². The molecule has 0 spiro atoms. The molecule has 2 nitrogen and oxygen atoms in total. The highest BCUT2D eigenvalue weighted by atomic mass is 16.1. The number of likely N-dealkylation sites (tertiary alicyclic amines) is 1. The summed E-state index contributed by atoms with van der Waals surface area (Å²) < 4.78 is 0. The molecule has 1 aliphatic heterocycles. The molecule has 1 saturated carbocycles. The first-order chi connectivity index (χ1) is 6.75. The molecule has 14 heavy (non-hydrogen) atoms. The molecule has 1 heterocycles. The Bertz CT molecular complexity index is 214. The molecular weight excluding hydrogens is 174 g/mol. The molecule has 1 saturated heterocycles. The van der Waals surface area contributed by atoms with Crippen molar-refractivity contribution in [2.75, 3.05) is 19.6 Å². The summed E-state index contributed by atoms with van der Waals surface area (Å²) in [6.45, 7) is 5.78. The van der Waals surface area contributed by atoms with Crippen LogP contribution in [-0.2, 0) is 4.79 Å². The first kappa shape index (κ1) is 10.2. The van der Waals surface area contributed by atoms with Crippen molar-refractivity contribution in [3.63, 3.8) is 0 Å². The molecule has 2 aliphatic rings. The van der Waals surface area contributed by atoms with Gasteiger partial charge in [-0.1, -0.05) is 13.3 Å². The molecular formula is C12H21NO. The predicted molar refractivity (Wildman–Crippen MR) is 57.2 cm³/mol. The summed E-state index contributed by atoms with van der Waals surface area (Å²) in [5.74, 6) is 1.73. The maximum atomic E-state index is 11.6. The largest absolute Gasteiger partial charge is 0.302 e. The van der Waals surface area contributed by atoms with Gasteiger partial charge in [-0.15, -0.1) is 0 Å². The van der Waals surface area contributed by atoms with E-state index in [1.165, 1.54) is 25.9 Å². The van der Waals surface area contributed by atoms with Crippen molar-refractivity contribution in [3.8, 4) is 0 Å². The number of ketones is 1. The Morgan fingerprint density at radius 3 is 2.86 bits per heavy atom. The van der Waals surface area contributed by atoms with Crippen LogP contribution in [0.1, 0.15) is 39.0 Å². The number of Topliss-reactive ketones (excluding diaryl/α,β-unsaturated/α-hetero) is 1. The van der Waals surface area contributed by atoms with Gasteiger partial charge in [-0.25, -0.2) is 0 Å². The molecule has 2 rings (SSSR count). The molecule has 2 unspecified atom stereocenters. The van der Waals surface area contributed by atoms with E-state index in [-0.39, 0.29) is 0 Å². The van der Waals surface area contributed by atoms with Crippen molar-refractivity contribution in [1.82, 2.24) is 4.90 Å². The number of hydrogen-bond donors (Lipinski definition) is 0. The van der Waals surface area contributed by atoms with Crippen LogP contribution >= 0.6 is 0 Å². The second kappa shape index (κ2) is 4.43. The summed E-state index contributed by atoms with van der Waals surface area (Å²) in [7, 11) is 0. The maximum Gasteiger partial charge on any atom is 0.137 e. The third-order valence-corrected chi connectivity index (χ3v) is 3.67. The molecule has 0 N–H and O–H groups in total. The zero-order chi connectivity index (χ0) is 9.97. The van der Waals surface area contributed by atoms with E-state index >= 15 is 0 Å². The van der Waals surface area contributed by atoms with Gasteiger partial charge < -0.3 is 4.90 Å². The average molecular weight is 195 g/mol. The third-order valence-electron chi connectivity index (χ3n) is 3.67. The fourth-order valence-corrected chi connectivity index (χ4v) is 2.75. The van der Waals surface area contributed by atoms with Gasteiger partial charge in [-0.2, -0.15) is 0 Å². The van der Waals surface area contributed by atoms with Gasteiger partial charge in [0.1, 0.15) is 5.78 Å². The van der Waals surface area contributed by atoms with Crippen LogP contribution in [-0.4, -0.2) is 30.3 Å². The Kier molecular flexibility index (Phi) is 3.22. The summed E-state index contributed by atoms with van der Waals surface area (Å²) in [6, 6.07) is 0. The summed E-state index contributed by atoms with van der Waals surface area (Å²) >= 11 is 0. The molecule has 2 heteroatoms. The lowest BCUT2D eigenvalue weighted by molar-refractivity contribution is -0.125. The van der Waals surface area contributed by atoms with E-state index in [4.69, 9.17) is 0 Å². The van der Waals surface area contributed by atoms with Gasteiger partial charge in [0.05, 0.1) is 0 Å². The summed E-state index contributed by atoms with van der Waals surface area (Å²) in [5.41, 5.74) is 0. The zero-order valence-corrected chi connectivity index (χ0v) is 9.17. The van der Waals surface area contributed by atoms with E-state index in [1.54, 1.807) is 0 Å². The van der Waals surface area contributed by atoms with Crippen molar-refractivity contribution in [2.45, 2.75) is 39.0 Å². The molecule has 0 aromatic carbocycles. The van der Waals surface area contributed by atoms with E-state index in [0.717, 1.165) is 31.7 Å². The second-order valence-electron chi connectivity index (χ2n) is 5.06. The van der Waals surface area contributed by atoms with Crippen LogP contribution in [0.3, 0.4) is 0 Å². The third kappa shape index (κ3) is 2.35. The van der Waals surface area contributed by atoms with E-state index in [2.05, 4.69) is 11.8 Å². The van der Waals surface area contributed by atoms with Gasteiger partial charge in [-0.05, 0) is 31.7 Å². The van der Waals surface area contributed by atoms with E-state index in [1.807, 2.05) is 0 Å². The quantitative estimate of drug-likeness (QED) is 0.672. The molecule has 0 bridgehead atoms. The molecule has 0 aromatic rings. The fraction of sp³-hybridized carbons (Fsp3) is 0.917. The van der Waals surface area contributed by atoms with Crippen molar-refractivity contribution in [2.24, 2.45) is 11.8 Å². The summed E-state index contributed by atoms with van der Waals surface area (Å²) in [5, 5.41) is 0. The van der Waals surface area contributed by atoms with Crippen molar-refractivity contribution in [3.05, 3.63) is 0 Å². The Balaban J connectivity index is 1.81. The summed E-state index contributed by atoms with van der Waals surface area (Å²) in [6.07, 6.45) is 5.70. The van der Waals surface area contributed by atoms with Gasteiger partial charge in [0, 0.05) is 25.4 Å². The molecule has 1 aliphatic carbocycles. The van der Waals surface area contributed by atoms with Gasteiger partial charge in [0.15, 0.2) is 0 Å². The second-order valence-corrected chi connectivity index (χ2v) is 5.06. The lowest BCUT2D eigenvalue weighted by Gasteiger charge is -2.25. The zero-order valence-electron chi connectivity index (χ0n) is 9.17. The van der Waals surface area contributed by atoms with E-state index in [9.17, 15) is 4.79 Å². The summed E-state index contributed by atoms with van der Waals surface area (Å²) in [4.78, 5) is 14.1. The minimum absolute atomic E-state index is 0.369. The van der Waals surface area contributed by atoms with Crippen LogP contribution in [0.25, 0.3) is 0 Å². The van der Waals surface area contributed by atoms with Crippen LogP contribution in [0.5, 0.6) is 0 Å². The number of hydrogen-bond acceptors (Lipinski definition) is 2. The number of nitrogens with zero attached hydrogens (tertiary/aromatic N) is 1. The Morgan fingerprint density at radius 2 is 2.21 bits per heavy atom. The minimum atomic E-state index is 0.369. The fourth-order valence-electron chi connectivity index (χ4n) is 2.75. The van der Waals surface area contributed by atoms with Gasteiger partial charge >= 0.3 is 0 Å². The minimum Gasteiger partial charge on any atom is -0.302 e. The standard InChI is InChI=1S/C12H21NO/c1-10-6-7-13(8-10)9-11-4-2-3-5-12(11)14/h10-11H,2-9H2,1H3. The number of carbonyl (C=O) groups excluding carboxylic acids is 1. The normalized spacial score (nSPS) is 35.1. The topological polar surface area (TPSA) is 20.3 Å². The van der Waals surface area contributed by atoms with Crippen LogP contribution in [0, 0.1) is 11.8 Å². The number of rotatable bonds is 2. The average Bonchev–Trinajstić information content (AvgIpc) is 2.56. The van der Waals surface area contributed by atoms with Crippen LogP contribution in [0.2, 0.25) is 0 Å². The maximum absolute atomic E-state index is 11.6. The molecule has 80 valence electrons.